The first-order chi connectivity index (χ1) is 16.9. The van der Waals surface area contributed by atoms with Crippen molar-refractivity contribution in [3.05, 3.63) is 117 Å². The molecule has 2 heterocycles. The molecule has 0 fully saturated rings. The summed E-state index contributed by atoms with van der Waals surface area (Å²) in [6.45, 7) is 4.16. The number of amides is 1. The molecule has 5 aromatic rings. The topological polar surface area (TPSA) is 51.9 Å². The Morgan fingerprint density at radius 3 is 2.26 bits per heavy atom. The molecule has 1 N–H and O–H groups in total. The van der Waals surface area contributed by atoms with E-state index < -0.39 is 0 Å². The fourth-order valence-corrected chi connectivity index (χ4v) is 4.56. The summed E-state index contributed by atoms with van der Waals surface area (Å²) in [6, 6.07) is 28.8. The third kappa shape index (κ3) is 4.67. The third-order valence-corrected chi connectivity index (χ3v) is 6.63. The lowest BCUT2D eigenvalue weighted by molar-refractivity contribution is 0.102. The van der Waals surface area contributed by atoms with Crippen LogP contribution < -0.4 is 5.32 Å². The fourth-order valence-electron chi connectivity index (χ4n) is 4.17. The van der Waals surface area contributed by atoms with Crippen molar-refractivity contribution in [1.82, 2.24) is 14.3 Å². The van der Waals surface area contributed by atoms with Gasteiger partial charge in [0, 0.05) is 43.8 Å². The molecule has 7 heteroatoms. The summed E-state index contributed by atoms with van der Waals surface area (Å²) in [7, 11) is 0. The van der Waals surface area contributed by atoms with E-state index in [-0.39, 0.29) is 5.91 Å². The largest absolute Gasteiger partial charge is 0.318 e. The molecule has 0 saturated heterocycles. The van der Waals surface area contributed by atoms with E-state index >= 15 is 0 Å². The maximum atomic E-state index is 13.0. The molecule has 0 bridgehead atoms. The Kier molecular flexibility index (Phi) is 6.32. The highest BCUT2D eigenvalue weighted by Crippen LogP contribution is 2.32. The number of aryl methyl sites for hydroxylation is 1. The Labute approximate surface area is 217 Å². The zero-order valence-corrected chi connectivity index (χ0v) is 21.5. The van der Waals surface area contributed by atoms with E-state index in [2.05, 4.69) is 57.9 Å². The van der Waals surface area contributed by atoms with Gasteiger partial charge < -0.3 is 9.88 Å². The van der Waals surface area contributed by atoms with E-state index in [4.69, 9.17) is 16.7 Å². The molecule has 0 aliphatic heterocycles. The van der Waals surface area contributed by atoms with Gasteiger partial charge in [-0.05, 0) is 80.6 Å². The predicted octanol–water partition coefficient (Wildman–Crippen LogP) is 7.62. The molecule has 0 unspecified atom stereocenters. The van der Waals surface area contributed by atoms with Crippen LogP contribution in [0.1, 0.15) is 21.7 Å². The van der Waals surface area contributed by atoms with Crippen LogP contribution in [0.25, 0.3) is 22.6 Å². The molecule has 174 valence electrons. The van der Waals surface area contributed by atoms with Crippen LogP contribution in [0.3, 0.4) is 0 Å². The summed E-state index contributed by atoms with van der Waals surface area (Å²) in [5, 5.41) is 8.50. The number of nitrogens with zero attached hydrogens (tertiary/aromatic N) is 3. The Morgan fingerprint density at radius 2 is 1.57 bits per heavy atom. The second-order valence-corrected chi connectivity index (χ2v) is 9.57. The zero-order valence-electron chi connectivity index (χ0n) is 19.2. The zero-order chi connectivity index (χ0) is 24.5. The quantitative estimate of drug-likeness (QED) is 0.247. The van der Waals surface area contributed by atoms with E-state index in [0.717, 1.165) is 38.5 Å². The van der Waals surface area contributed by atoms with E-state index in [1.165, 1.54) is 0 Å². The van der Waals surface area contributed by atoms with Gasteiger partial charge in [-0.1, -0.05) is 45.7 Å². The van der Waals surface area contributed by atoms with Crippen molar-refractivity contribution in [3.63, 3.8) is 0 Å². The minimum atomic E-state index is -0.231. The Morgan fingerprint density at radius 1 is 0.886 bits per heavy atom. The second-order valence-electron chi connectivity index (χ2n) is 8.22. The van der Waals surface area contributed by atoms with Gasteiger partial charge in [-0.3, -0.25) is 4.79 Å². The van der Waals surface area contributed by atoms with Gasteiger partial charge >= 0.3 is 0 Å². The number of nitrogens with one attached hydrogen (secondary N) is 1. The molecule has 3 aromatic carbocycles. The molecule has 2 aromatic heterocycles. The van der Waals surface area contributed by atoms with E-state index in [1.54, 1.807) is 28.9 Å². The summed E-state index contributed by atoms with van der Waals surface area (Å²) in [5.41, 5.74) is 6.39. The maximum absolute atomic E-state index is 13.0. The highest BCUT2D eigenvalue weighted by Gasteiger charge is 2.19. The van der Waals surface area contributed by atoms with Gasteiger partial charge in [0.25, 0.3) is 5.91 Å². The monoisotopic (exact) mass is 544 g/mol. The number of anilines is 1. The number of rotatable bonds is 5. The summed E-state index contributed by atoms with van der Waals surface area (Å²) in [6.07, 6.45) is 0. The van der Waals surface area contributed by atoms with E-state index in [9.17, 15) is 4.79 Å². The lowest BCUT2D eigenvalue weighted by atomic mass is 10.2. The number of carbonyl (C=O) groups is 1. The first kappa shape index (κ1) is 23.1. The van der Waals surface area contributed by atoms with Crippen molar-refractivity contribution < 1.29 is 4.79 Å². The van der Waals surface area contributed by atoms with Gasteiger partial charge in [0.2, 0.25) is 0 Å². The average molecular weight is 546 g/mol. The molecular formula is C28H22BrClN4O. The van der Waals surface area contributed by atoms with E-state index in [0.29, 0.717) is 16.4 Å². The summed E-state index contributed by atoms with van der Waals surface area (Å²) < 4.78 is 5.00. The van der Waals surface area contributed by atoms with Crippen LogP contribution in [0.2, 0.25) is 5.02 Å². The molecular weight excluding hydrogens is 524 g/mol. The Bertz CT molecular complexity index is 1500. The summed E-state index contributed by atoms with van der Waals surface area (Å²) in [4.78, 5) is 13.0. The van der Waals surface area contributed by atoms with Crippen molar-refractivity contribution >= 4 is 39.3 Å². The van der Waals surface area contributed by atoms with Gasteiger partial charge in [-0.25, -0.2) is 4.68 Å². The lowest BCUT2D eigenvalue weighted by Gasteiger charge is -2.10. The van der Waals surface area contributed by atoms with Crippen LogP contribution in [-0.4, -0.2) is 20.3 Å². The molecule has 0 atom stereocenters. The summed E-state index contributed by atoms with van der Waals surface area (Å²) in [5.74, 6) is 0.352. The van der Waals surface area contributed by atoms with Gasteiger partial charge in [-0.2, -0.15) is 5.10 Å². The Hall–Kier alpha value is -3.61. The standard InChI is InChI=1S/C28H22BrClN4O/c1-18-16-25(19(2)33(18)23-14-10-21(29)11-15-23)26-17-27(34(32-26)24-6-4-3-5-7-24)31-28(35)20-8-12-22(30)13-9-20/h3-17H,1-2H3,(H,31,35). The van der Waals surface area contributed by atoms with Gasteiger partial charge in [0.15, 0.2) is 0 Å². The van der Waals surface area contributed by atoms with Crippen LogP contribution >= 0.6 is 27.5 Å². The van der Waals surface area contributed by atoms with Crippen LogP contribution in [0, 0.1) is 13.8 Å². The highest BCUT2D eigenvalue weighted by molar-refractivity contribution is 9.10. The molecule has 0 saturated carbocycles. The van der Waals surface area contributed by atoms with Crippen LogP contribution in [0.15, 0.2) is 95.5 Å². The average Bonchev–Trinajstić information content (AvgIpc) is 3.40. The third-order valence-electron chi connectivity index (χ3n) is 5.85. The summed E-state index contributed by atoms with van der Waals surface area (Å²) >= 11 is 9.49. The number of aromatic nitrogens is 3. The molecule has 0 aliphatic rings. The smallest absolute Gasteiger partial charge is 0.256 e. The number of halogens is 2. The van der Waals surface area contributed by atoms with Gasteiger partial charge in [-0.15, -0.1) is 0 Å². The SMILES string of the molecule is Cc1cc(-c2cc(NC(=O)c3ccc(Cl)cc3)n(-c3ccccc3)n2)c(C)n1-c1ccc(Br)cc1. The minimum absolute atomic E-state index is 0.231. The first-order valence-corrected chi connectivity index (χ1v) is 12.3. The molecule has 0 spiro atoms. The highest BCUT2D eigenvalue weighted by atomic mass is 79.9. The van der Waals surface area contributed by atoms with E-state index in [1.807, 2.05) is 48.5 Å². The fraction of sp³-hybridized carbons (Fsp3) is 0.0714. The van der Waals surface area contributed by atoms with Crippen molar-refractivity contribution in [2.75, 3.05) is 5.32 Å². The molecule has 0 radical (unpaired) electrons. The van der Waals surface area contributed by atoms with Crippen LogP contribution in [0.4, 0.5) is 5.82 Å². The number of hydrogen-bond donors (Lipinski definition) is 1. The number of hydrogen-bond acceptors (Lipinski definition) is 2. The number of benzene rings is 3. The van der Waals surface area contributed by atoms with Crippen LogP contribution in [0.5, 0.6) is 0 Å². The van der Waals surface area contributed by atoms with Gasteiger partial charge in [0.05, 0.1) is 11.4 Å². The molecule has 5 nitrogen and oxygen atoms in total. The molecule has 5 rings (SSSR count). The van der Waals surface area contributed by atoms with Crippen molar-refractivity contribution in [1.29, 1.82) is 0 Å². The van der Waals surface area contributed by atoms with Crippen molar-refractivity contribution in [2.45, 2.75) is 13.8 Å². The first-order valence-electron chi connectivity index (χ1n) is 11.1. The van der Waals surface area contributed by atoms with Crippen molar-refractivity contribution in [3.8, 4) is 22.6 Å². The molecule has 35 heavy (non-hydrogen) atoms. The lowest BCUT2D eigenvalue weighted by Crippen LogP contribution is -2.15. The molecule has 0 aliphatic carbocycles. The van der Waals surface area contributed by atoms with Crippen LogP contribution in [-0.2, 0) is 0 Å². The predicted molar refractivity (Wildman–Crippen MR) is 145 cm³/mol. The minimum Gasteiger partial charge on any atom is -0.318 e. The normalized spacial score (nSPS) is 11.0. The number of para-hydroxylation sites is 1. The number of carbonyl (C=O) groups excluding carboxylic acids is 1. The molecule has 1 amide bonds. The van der Waals surface area contributed by atoms with Gasteiger partial charge in [0.1, 0.15) is 5.82 Å². The maximum Gasteiger partial charge on any atom is 0.256 e. The van der Waals surface area contributed by atoms with Crippen molar-refractivity contribution in [2.24, 2.45) is 0 Å². The second kappa shape index (κ2) is 9.56. The Balaban J connectivity index is 1.57.